The normalized spacial score (nSPS) is 23.2. The van der Waals surface area contributed by atoms with Gasteiger partial charge in [0.2, 0.25) is 0 Å². The SMILES string of the molecule is CC1C=CC(c2ccc3ccc4ccc(-c5ccc(C6C=CC(C7=NC8c9ccccc9C9=C(C=CCC9)C8C8=C7CCC=C8)=CC6)c6ccccc56)nc4c3n2)=CC1. The van der Waals surface area contributed by atoms with Gasteiger partial charge in [-0.3, -0.25) is 4.99 Å². The number of benzene rings is 4. The molecule has 0 bridgehead atoms. The first-order valence-corrected chi connectivity index (χ1v) is 21.6. The number of hydrogen-bond donors (Lipinski definition) is 0. The smallest absolute Gasteiger partial charge is 0.0972 e. The zero-order chi connectivity index (χ0) is 39.0. The molecule has 0 saturated carbocycles. The fourth-order valence-electron chi connectivity index (χ4n) is 10.7. The van der Waals surface area contributed by atoms with Gasteiger partial charge in [0.25, 0.3) is 0 Å². The van der Waals surface area contributed by atoms with Crippen molar-refractivity contribution in [3.63, 3.8) is 0 Å². The van der Waals surface area contributed by atoms with Crippen LogP contribution in [0.3, 0.4) is 0 Å². The Balaban J connectivity index is 0.890. The van der Waals surface area contributed by atoms with Crippen molar-refractivity contribution >= 4 is 49.4 Å². The minimum atomic E-state index is 0.0996. The second kappa shape index (κ2) is 13.8. The maximum Gasteiger partial charge on any atom is 0.0972 e. The van der Waals surface area contributed by atoms with Crippen LogP contribution < -0.4 is 0 Å². The third-order valence-electron chi connectivity index (χ3n) is 13.7. The van der Waals surface area contributed by atoms with Crippen molar-refractivity contribution in [2.45, 2.75) is 57.4 Å². The molecule has 0 spiro atoms. The average molecular weight is 760 g/mol. The number of allylic oxidation sites excluding steroid dienone is 14. The topological polar surface area (TPSA) is 38.1 Å². The number of fused-ring (bicyclic) bond motifs is 10. The maximum absolute atomic E-state index is 5.73. The highest BCUT2D eigenvalue weighted by atomic mass is 14.8. The molecule has 0 saturated heterocycles. The summed E-state index contributed by atoms with van der Waals surface area (Å²) in [6, 6.07) is 35.7. The van der Waals surface area contributed by atoms with Gasteiger partial charge in [-0.05, 0) is 117 Å². The third kappa shape index (κ3) is 5.66. The molecule has 284 valence electrons. The molecule has 59 heavy (non-hydrogen) atoms. The van der Waals surface area contributed by atoms with Gasteiger partial charge in [0.15, 0.2) is 0 Å². The molecule has 6 aromatic rings. The lowest BCUT2D eigenvalue weighted by Gasteiger charge is -2.41. The zero-order valence-corrected chi connectivity index (χ0v) is 33.4. The summed E-state index contributed by atoms with van der Waals surface area (Å²) in [5.41, 5.74) is 18.8. The molecule has 0 fully saturated rings. The van der Waals surface area contributed by atoms with E-state index in [-0.39, 0.29) is 12.0 Å². The lowest BCUT2D eigenvalue weighted by atomic mass is 9.66. The number of aromatic nitrogens is 2. The standard InChI is InChI=1S/C56H45N3/c1-34-18-20-36(21-19-34)50-32-28-38-26-27-39-29-33-51(58-55(39)54(38)57-50)45-31-30-40(41-10-2-3-11-42(41)45)35-22-24-37(25-23-35)53-49-17-9-7-15-47(49)52-46-14-6-4-12-43(46)44-13-5-8-16-48(44)56(52)59-53/h2-3,5-8,10-11,13-16,18,20-22,24-35,52,56H,4,9,12,17,19,23H2,1H3. The molecule has 3 heterocycles. The molecule has 2 aromatic heterocycles. The summed E-state index contributed by atoms with van der Waals surface area (Å²) in [4.78, 5) is 16.3. The molecule has 3 heteroatoms. The van der Waals surface area contributed by atoms with Gasteiger partial charge in [0.1, 0.15) is 0 Å². The van der Waals surface area contributed by atoms with E-state index in [1.165, 1.54) is 66.6 Å². The van der Waals surface area contributed by atoms with Crippen molar-refractivity contribution in [2.75, 3.05) is 0 Å². The van der Waals surface area contributed by atoms with E-state index in [0.29, 0.717) is 11.8 Å². The number of nitrogens with zero attached hydrogens (tertiary/aromatic N) is 3. The molecule has 1 aliphatic heterocycles. The highest BCUT2D eigenvalue weighted by Gasteiger charge is 2.41. The second-order valence-corrected chi connectivity index (χ2v) is 17.2. The lowest BCUT2D eigenvalue weighted by molar-refractivity contribution is 0.554. The second-order valence-electron chi connectivity index (χ2n) is 17.2. The molecular weight excluding hydrogens is 715 g/mol. The molecule has 6 aliphatic rings. The van der Waals surface area contributed by atoms with E-state index in [9.17, 15) is 0 Å². The van der Waals surface area contributed by atoms with Crippen molar-refractivity contribution in [1.82, 2.24) is 9.97 Å². The van der Waals surface area contributed by atoms with Crippen LogP contribution in [0.25, 0.3) is 55.0 Å². The molecule has 12 rings (SSSR count). The Hall–Kier alpha value is -6.45. The Kier molecular flexibility index (Phi) is 8.11. The van der Waals surface area contributed by atoms with E-state index in [4.69, 9.17) is 15.0 Å². The molecular formula is C56H45N3. The van der Waals surface area contributed by atoms with Gasteiger partial charge in [-0.2, -0.15) is 0 Å². The van der Waals surface area contributed by atoms with Gasteiger partial charge in [-0.25, -0.2) is 9.97 Å². The van der Waals surface area contributed by atoms with E-state index in [1.807, 2.05) is 0 Å². The van der Waals surface area contributed by atoms with Crippen LogP contribution in [0.4, 0.5) is 0 Å². The summed E-state index contributed by atoms with van der Waals surface area (Å²) >= 11 is 0. The van der Waals surface area contributed by atoms with Crippen molar-refractivity contribution in [1.29, 1.82) is 0 Å². The Morgan fingerprint density at radius 3 is 2.00 bits per heavy atom. The molecule has 4 unspecified atom stereocenters. The number of rotatable bonds is 4. The average Bonchev–Trinajstić information content (AvgIpc) is 3.31. The third-order valence-corrected chi connectivity index (χ3v) is 13.7. The van der Waals surface area contributed by atoms with Crippen LogP contribution in [0, 0.1) is 11.8 Å². The zero-order valence-electron chi connectivity index (χ0n) is 33.4. The summed E-state index contributed by atoms with van der Waals surface area (Å²) in [5, 5.41) is 4.73. The monoisotopic (exact) mass is 759 g/mol. The highest BCUT2D eigenvalue weighted by molar-refractivity contribution is 6.16. The van der Waals surface area contributed by atoms with E-state index in [1.54, 1.807) is 0 Å². The number of hydrogen-bond acceptors (Lipinski definition) is 3. The predicted octanol–water partition coefficient (Wildman–Crippen LogP) is 14.1. The van der Waals surface area contributed by atoms with Gasteiger partial charge in [-0.15, -0.1) is 0 Å². The summed E-state index contributed by atoms with van der Waals surface area (Å²) in [7, 11) is 0. The van der Waals surface area contributed by atoms with E-state index < -0.39 is 0 Å². The lowest BCUT2D eigenvalue weighted by Crippen LogP contribution is -2.30. The van der Waals surface area contributed by atoms with E-state index in [2.05, 4.69) is 165 Å². The highest BCUT2D eigenvalue weighted by Crippen LogP contribution is 2.54. The largest absolute Gasteiger partial charge is 0.275 e. The van der Waals surface area contributed by atoms with Crippen LogP contribution in [0.1, 0.15) is 79.8 Å². The van der Waals surface area contributed by atoms with Crippen LogP contribution in [0.2, 0.25) is 0 Å². The molecule has 0 radical (unpaired) electrons. The predicted molar refractivity (Wildman–Crippen MR) is 246 cm³/mol. The van der Waals surface area contributed by atoms with Gasteiger partial charge >= 0.3 is 0 Å². The Bertz CT molecular complexity index is 3080. The molecule has 5 aliphatic carbocycles. The first-order valence-electron chi connectivity index (χ1n) is 21.6. The minimum absolute atomic E-state index is 0.0996. The van der Waals surface area contributed by atoms with Gasteiger partial charge in [0.05, 0.1) is 34.2 Å². The Labute approximate surface area is 346 Å². The van der Waals surface area contributed by atoms with Crippen LogP contribution in [-0.2, 0) is 0 Å². The van der Waals surface area contributed by atoms with Crippen LogP contribution >= 0.6 is 0 Å². The van der Waals surface area contributed by atoms with Crippen LogP contribution in [0.5, 0.6) is 0 Å². The fourth-order valence-corrected chi connectivity index (χ4v) is 10.7. The number of pyridine rings is 2. The van der Waals surface area contributed by atoms with Crippen LogP contribution in [-0.4, -0.2) is 15.7 Å². The molecule has 0 N–H and O–H groups in total. The maximum atomic E-state index is 5.73. The molecule has 3 nitrogen and oxygen atoms in total. The number of dihydropyridines is 1. The van der Waals surface area contributed by atoms with Crippen LogP contribution in [0.15, 0.2) is 185 Å². The summed E-state index contributed by atoms with van der Waals surface area (Å²) in [6.07, 6.45) is 30.0. The van der Waals surface area contributed by atoms with E-state index >= 15 is 0 Å². The van der Waals surface area contributed by atoms with E-state index in [0.717, 1.165) is 77.3 Å². The Morgan fingerprint density at radius 1 is 0.542 bits per heavy atom. The van der Waals surface area contributed by atoms with Crippen molar-refractivity contribution in [3.05, 3.63) is 202 Å². The first kappa shape index (κ1) is 34.6. The summed E-state index contributed by atoms with van der Waals surface area (Å²) < 4.78 is 0. The van der Waals surface area contributed by atoms with Crippen molar-refractivity contribution < 1.29 is 0 Å². The fraction of sp³-hybridized carbons (Fsp3) is 0.196. The quantitative estimate of drug-likeness (QED) is 0.168. The van der Waals surface area contributed by atoms with Gasteiger partial charge in [0, 0.05) is 28.2 Å². The number of aliphatic imine (C=N–C) groups is 1. The summed E-state index contributed by atoms with van der Waals surface area (Å²) in [6.45, 7) is 2.26. The molecule has 0 amide bonds. The van der Waals surface area contributed by atoms with Gasteiger partial charge < -0.3 is 0 Å². The van der Waals surface area contributed by atoms with Crippen molar-refractivity contribution in [3.8, 4) is 11.3 Å². The molecule has 4 aromatic carbocycles. The van der Waals surface area contributed by atoms with Crippen molar-refractivity contribution in [2.24, 2.45) is 16.8 Å². The van der Waals surface area contributed by atoms with Gasteiger partial charge in [-0.1, -0.05) is 153 Å². The minimum Gasteiger partial charge on any atom is -0.275 e. The Morgan fingerprint density at radius 2 is 1.22 bits per heavy atom. The molecule has 4 atom stereocenters. The first-order chi connectivity index (χ1) is 29.2. The summed E-state index contributed by atoms with van der Waals surface area (Å²) in [5.74, 6) is 1.13.